The first-order valence-electron chi connectivity index (χ1n) is 14.2. The van der Waals surface area contributed by atoms with Crippen LogP contribution in [0.4, 0.5) is 0 Å². The molecular formula is C29H45N3O6. The number of aliphatic hydroxyl groups is 1. The summed E-state index contributed by atoms with van der Waals surface area (Å²) in [6.45, 7) is 7.32. The van der Waals surface area contributed by atoms with Crippen molar-refractivity contribution in [3.8, 4) is 11.5 Å². The Morgan fingerprint density at radius 2 is 2.00 bits per heavy atom. The van der Waals surface area contributed by atoms with Crippen molar-refractivity contribution >= 4 is 11.8 Å². The lowest BCUT2D eigenvalue weighted by Gasteiger charge is -2.34. The number of benzene rings is 1. The van der Waals surface area contributed by atoms with Crippen molar-refractivity contribution < 1.29 is 28.9 Å². The second-order valence-corrected chi connectivity index (χ2v) is 11.4. The van der Waals surface area contributed by atoms with E-state index in [-0.39, 0.29) is 42.3 Å². The summed E-state index contributed by atoms with van der Waals surface area (Å²) in [5.74, 6) is 1.49. The number of carbonyl (C=O) groups is 2. The van der Waals surface area contributed by atoms with Crippen LogP contribution in [0.15, 0.2) is 12.1 Å². The minimum atomic E-state index is -0.294. The van der Waals surface area contributed by atoms with Crippen molar-refractivity contribution in [3.63, 3.8) is 0 Å². The highest BCUT2D eigenvalue weighted by molar-refractivity contribution is 5.83. The molecule has 9 heteroatoms. The van der Waals surface area contributed by atoms with Crippen LogP contribution in [0.5, 0.6) is 11.5 Å². The Bertz CT molecular complexity index is 950. The predicted octanol–water partition coefficient (Wildman–Crippen LogP) is 2.28. The maximum absolute atomic E-state index is 13.8. The smallest absolute Gasteiger partial charge is 0.227 e. The average molecular weight is 532 g/mol. The van der Waals surface area contributed by atoms with Crippen molar-refractivity contribution in [3.05, 3.63) is 23.3 Å². The molecule has 3 aliphatic rings. The number of hydrogen-bond acceptors (Lipinski definition) is 7. The maximum Gasteiger partial charge on any atom is 0.227 e. The van der Waals surface area contributed by atoms with Crippen molar-refractivity contribution in [1.82, 2.24) is 15.5 Å². The summed E-state index contributed by atoms with van der Waals surface area (Å²) in [5, 5.41) is 16.0. The van der Waals surface area contributed by atoms with Crippen molar-refractivity contribution in [2.45, 2.75) is 71.0 Å². The van der Waals surface area contributed by atoms with E-state index in [0.717, 1.165) is 54.7 Å². The molecule has 3 atom stereocenters. The molecule has 1 saturated heterocycles. The molecule has 0 aromatic heterocycles. The van der Waals surface area contributed by atoms with E-state index in [0.29, 0.717) is 51.8 Å². The first kappa shape index (κ1) is 28.6. The Balaban J connectivity index is 1.44. The lowest BCUT2D eigenvalue weighted by molar-refractivity contribution is -0.139. The van der Waals surface area contributed by atoms with Gasteiger partial charge in [-0.3, -0.25) is 9.59 Å². The van der Waals surface area contributed by atoms with Gasteiger partial charge in [-0.1, -0.05) is 13.8 Å². The molecule has 2 aliphatic heterocycles. The van der Waals surface area contributed by atoms with Gasteiger partial charge in [0.05, 0.1) is 37.7 Å². The van der Waals surface area contributed by atoms with Crippen molar-refractivity contribution in [2.24, 2.45) is 17.8 Å². The summed E-state index contributed by atoms with van der Waals surface area (Å²) >= 11 is 0. The molecule has 0 radical (unpaired) electrons. The largest absolute Gasteiger partial charge is 0.493 e. The number of hydrogen-bond donors (Lipinski definition) is 3. The normalized spacial score (nSPS) is 21.8. The number of aliphatic hydroxyl groups excluding tert-OH is 1. The van der Waals surface area contributed by atoms with E-state index in [4.69, 9.17) is 14.2 Å². The number of methoxy groups -OCH3 is 1. The van der Waals surface area contributed by atoms with Crippen molar-refractivity contribution in [2.75, 3.05) is 46.6 Å². The van der Waals surface area contributed by atoms with Crippen LogP contribution in [0.3, 0.4) is 0 Å². The molecule has 2 fully saturated rings. The van der Waals surface area contributed by atoms with Crippen LogP contribution >= 0.6 is 0 Å². The number of carbonyl (C=O) groups excluding carboxylic acids is 2. The van der Waals surface area contributed by atoms with E-state index in [1.807, 2.05) is 11.0 Å². The fourth-order valence-corrected chi connectivity index (χ4v) is 5.54. The molecule has 4 rings (SSSR count). The van der Waals surface area contributed by atoms with E-state index >= 15 is 0 Å². The minimum Gasteiger partial charge on any atom is -0.493 e. The highest BCUT2D eigenvalue weighted by Gasteiger charge is 2.39. The minimum absolute atomic E-state index is 0.0798. The van der Waals surface area contributed by atoms with Gasteiger partial charge >= 0.3 is 0 Å². The van der Waals surface area contributed by atoms with Crippen LogP contribution in [0.25, 0.3) is 0 Å². The Morgan fingerprint density at radius 3 is 2.71 bits per heavy atom. The van der Waals surface area contributed by atoms with Gasteiger partial charge in [0.15, 0.2) is 0 Å². The fraction of sp³-hybridized carbons (Fsp3) is 0.724. The number of piperidine rings is 1. The van der Waals surface area contributed by atoms with Gasteiger partial charge in [-0.15, -0.1) is 0 Å². The molecule has 1 aromatic rings. The topological polar surface area (TPSA) is 109 Å². The second kappa shape index (κ2) is 13.6. The summed E-state index contributed by atoms with van der Waals surface area (Å²) in [7, 11) is 1.66. The lowest BCUT2D eigenvalue weighted by atomic mass is 9.88. The third kappa shape index (κ3) is 7.61. The molecule has 0 spiro atoms. The zero-order valence-corrected chi connectivity index (χ0v) is 23.2. The van der Waals surface area contributed by atoms with Crippen LogP contribution < -0.4 is 20.1 Å². The Kier molecular flexibility index (Phi) is 10.3. The Morgan fingerprint density at radius 1 is 1.21 bits per heavy atom. The van der Waals surface area contributed by atoms with E-state index in [1.54, 1.807) is 7.11 Å². The molecule has 2 heterocycles. The number of nitrogens with zero attached hydrogens (tertiary/aromatic N) is 1. The molecule has 9 nitrogen and oxygen atoms in total. The van der Waals surface area contributed by atoms with Gasteiger partial charge in [0.1, 0.15) is 18.1 Å². The summed E-state index contributed by atoms with van der Waals surface area (Å²) < 4.78 is 17.2. The highest BCUT2D eigenvalue weighted by Crippen LogP contribution is 2.37. The summed E-state index contributed by atoms with van der Waals surface area (Å²) in [6, 6.07) is 4.08. The molecule has 0 bridgehead atoms. The maximum atomic E-state index is 13.8. The molecule has 1 saturated carbocycles. The number of amides is 2. The molecule has 3 N–H and O–H groups in total. The first-order valence-corrected chi connectivity index (χ1v) is 14.2. The molecule has 2 amide bonds. The first-order chi connectivity index (χ1) is 18.4. The SMILES string of the molecule is COCCOc1cc(CN(C(=O)[C@H]2CNC[C@@H](C(=O)NC(CO)CC(C)C)C2)C2CC2)cc2c1CCCO2. The number of nitrogens with one attached hydrogen (secondary N) is 2. The van der Waals surface area contributed by atoms with Crippen LogP contribution in [-0.2, 0) is 27.3 Å². The van der Waals surface area contributed by atoms with Crippen LogP contribution in [0.2, 0.25) is 0 Å². The number of fused-ring (bicyclic) bond motifs is 1. The summed E-state index contributed by atoms with van der Waals surface area (Å²) in [4.78, 5) is 28.8. The van der Waals surface area contributed by atoms with Crippen molar-refractivity contribution in [1.29, 1.82) is 0 Å². The highest BCUT2D eigenvalue weighted by atomic mass is 16.5. The zero-order chi connectivity index (χ0) is 27.1. The van der Waals surface area contributed by atoms with Crippen LogP contribution in [-0.4, -0.2) is 80.5 Å². The van der Waals surface area contributed by atoms with Gasteiger partial charge in [-0.05, 0) is 62.1 Å². The van der Waals surface area contributed by atoms with E-state index < -0.39 is 0 Å². The van der Waals surface area contributed by atoms with Gasteiger partial charge < -0.3 is 34.9 Å². The third-order valence-electron chi connectivity index (χ3n) is 7.62. The van der Waals surface area contributed by atoms with Gasteiger partial charge in [0, 0.05) is 38.3 Å². The molecule has 212 valence electrons. The summed E-state index contributed by atoms with van der Waals surface area (Å²) in [5.41, 5.74) is 2.08. The molecule has 1 unspecified atom stereocenters. The van der Waals surface area contributed by atoms with Crippen LogP contribution in [0.1, 0.15) is 57.1 Å². The van der Waals surface area contributed by atoms with Gasteiger partial charge in [-0.2, -0.15) is 0 Å². The standard InChI is InChI=1S/C29H45N3O6/c1-19(2)11-23(18-33)31-28(34)21-14-22(16-30-15-21)29(35)32(24-6-7-24)17-20-12-26-25(5-4-8-37-26)27(13-20)38-10-9-36-3/h12-13,19,21-24,30,33H,4-11,14-18H2,1-3H3,(H,31,34)/t21-,22+,23?/m0/s1. The lowest BCUT2D eigenvalue weighted by Crippen LogP contribution is -2.51. The van der Waals surface area contributed by atoms with Gasteiger partial charge in [0.25, 0.3) is 0 Å². The average Bonchev–Trinajstić information content (AvgIpc) is 3.76. The zero-order valence-electron chi connectivity index (χ0n) is 23.2. The van der Waals surface area contributed by atoms with Gasteiger partial charge in [0.2, 0.25) is 11.8 Å². The van der Waals surface area contributed by atoms with Gasteiger partial charge in [-0.25, -0.2) is 0 Å². The molecule has 1 aliphatic carbocycles. The molecular weight excluding hydrogens is 486 g/mol. The second-order valence-electron chi connectivity index (χ2n) is 11.4. The Labute approximate surface area is 226 Å². The monoisotopic (exact) mass is 531 g/mol. The predicted molar refractivity (Wildman–Crippen MR) is 144 cm³/mol. The van der Waals surface area contributed by atoms with E-state index in [2.05, 4.69) is 30.5 Å². The quantitative estimate of drug-likeness (QED) is 0.335. The van der Waals surface area contributed by atoms with E-state index in [9.17, 15) is 14.7 Å². The number of rotatable bonds is 13. The number of ether oxygens (including phenoxy) is 3. The fourth-order valence-electron chi connectivity index (χ4n) is 5.54. The third-order valence-corrected chi connectivity index (χ3v) is 7.62. The van der Waals surface area contributed by atoms with Crippen LogP contribution in [0, 0.1) is 17.8 Å². The van der Waals surface area contributed by atoms with E-state index in [1.165, 1.54) is 0 Å². The molecule has 1 aromatic carbocycles. The summed E-state index contributed by atoms with van der Waals surface area (Å²) in [6.07, 6.45) is 5.11. The Hall–Kier alpha value is -2.36. The molecule has 38 heavy (non-hydrogen) atoms.